The molecule has 6 nitrogen and oxygen atoms in total. The molecule has 0 spiro atoms. The van der Waals surface area contributed by atoms with Gasteiger partial charge in [0.15, 0.2) is 5.76 Å². The molecule has 2 heterocycles. The lowest BCUT2D eigenvalue weighted by molar-refractivity contribution is 0.206. The molecule has 1 unspecified atom stereocenters. The predicted octanol–water partition coefficient (Wildman–Crippen LogP) is 0.958. The second-order valence-electron chi connectivity index (χ2n) is 5.78. The van der Waals surface area contributed by atoms with Gasteiger partial charge in [0, 0.05) is 12.6 Å². The summed E-state index contributed by atoms with van der Waals surface area (Å²) in [6, 6.07) is -0.0903. The average Bonchev–Trinajstić information content (AvgIpc) is 2.62. The summed E-state index contributed by atoms with van der Waals surface area (Å²) in [6.07, 6.45) is 0.773. The third-order valence-corrected chi connectivity index (χ3v) is 5.38. The minimum atomic E-state index is -3.58. The van der Waals surface area contributed by atoms with Gasteiger partial charge in [-0.2, -0.15) is 0 Å². The first-order chi connectivity index (χ1) is 8.74. The Hall–Kier alpha value is -0.920. The van der Waals surface area contributed by atoms with Gasteiger partial charge in [0.1, 0.15) is 10.6 Å². The molecule has 2 rings (SSSR count). The van der Waals surface area contributed by atoms with Crippen molar-refractivity contribution in [2.45, 2.75) is 45.1 Å². The Morgan fingerprint density at radius 2 is 2.11 bits per heavy atom. The standard InChI is InChI=1S/C12H21N3O3S/c1-8-11(9(2)18-14-8)19(16,17)15-10-5-6-13-7-12(10,3)4/h10,13,15H,5-7H2,1-4H3. The fourth-order valence-electron chi connectivity index (χ4n) is 2.49. The number of nitrogens with zero attached hydrogens (tertiary/aromatic N) is 1. The first-order valence-corrected chi connectivity index (χ1v) is 7.88. The van der Waals surface area contributed by atoms with Crippen LogP contribution in [0.25, 0.3) is 0 Å². The highest BCUT2D eigenvalue weighted by Crippen LogP contribution is 2.27. The molecule has 1 aliphatic heterocycles. The van der Waals surface area contributed by atoms with Crippen LogP contribution in [0.5, 0.6) is 0 Å². The minimum Gasteiger partial charge on any atom is -0.360 e. The third-order valence-electron chi connectivity index (χ3n) is 3.67. The Bertz CT molecular complexity index is 543. The van der Waals surface area contributed by atoms with Crippen molar-refractivity contribution < 1.29 is 12.9 Å². The number of aromatic nitrogens is 1. The van der Waals surface area contributed by atoms with Crippen molar-refractivity contribution in [2.75, 3.05) is 13.1 Å². The lowest BCUT2D eigenvalue weighted by Gasteiger charge is -2.39. The Morgan fingerprint density at radius 3 is 2.63 bits per heavy atom. The number of sulfonamides is 1. The lowest BCUT2D eigenvalue weighted by atomic mass is 9.81. The van der Waals surface area contributed by atoms with Gasteiger partial charge in [-0.1, -0.05) is 19.0 Å². The van der Waals surface area contributed by atoms with E-state index < -0.39 is 10.0 Å². The fraction of sp³-hybridized carbons (Fsp3) is 0.750. The first-order valence-electron chi connectivity index (χ1n) is 6.40. The van der Waals surface area contributed by atoms with Crippen LogP contribution in [0.2, 0.25) is 0 Å². The van der Waals surface area contributed by atoms with Crippen LogP contribution in [-0.2, 0) is 10.0 Å². The Morgan fingerprint density at radius 1 is 1.42 bits per heavy atom. The molecule has 0 bridgehead atoms. The molecule has 1 aromatic heterocycles. The monoisotopic (exact) mass is 287 g/mol. The maximum atomic E-state index is 12.5. The first kappa shape index (κ1) is 14.5. The van der Waals surface area contributed by atoms with Gasteiger partial charge in [-0.05, 0) is 32.2 Å². The molecule has 7 heteroatoms. The van der Waals surface area contributed by atoms with E-state index in [4.69, 9.17) is 4.52 Å². The van der Waals surface area contributed by atoms with Crippen LogP contribution in [0, 0.1) is 19.3 Å². The highest BCUT2D eigenvalue weighted by atomic mass is 32.2. The van der Waals surface area contributed by atoms with Gasteiger partial charge in [-0.15, -0.1) is 0 Å². The molecule has 1 saturated heterocycles. The number of rotatable bonds is 3. The number of hydrogen-bond donors (Lipinski definition) is 2. The molecule has 1 aliphatic rings. The lowest BCUT2D eigenvalue weighted by Crippen LogP contribution is -2.54. The molecular formula is C12H21N3O3S. The van der Waals surface area contributed by atoms with E-state index in [1.165, 1.54) is 0 Å². The van der Waals surface area contributed by atoms with Crippen molar-refractivity contribution in [3.8, 4) is 0 Å². The van der Waals surface area contributed by atoms with Crippen molar-refractivity contribution in [2.24, 2.45) is 5.41 Å². The number of nitrogens with one attached hydrogen (secondary N) is 2. The Labute approximate surface area is 114 Å². The van der Waals surface area contributed by atoms with E-state index in [1.54, 1.807) is 13.8 Å². The molecule has 0 aliphatic carbocycles. The number of piperidine rings is 1. The SMILES string of the molecule is Cc1noc(C)c1S(=O)(=O)NC1CCNCC1(C)C. The van der Waals surface area contributed by atoms with Gasteiger partial charge >= 0.3 is 0 Å². The van der Waals surface area contributed by atoms with E-state index in [2.05, 4.69) is 29.0 Å². The molecular weight excluding hydrogens is 266 g/mol. The van der Waals surface area contributed by atoms with Crippen molar-refractivity contribution in [1.82, 2.24) is 15.2 Å². The van der Waals surface area contributed by atoms with Crippen LogP contribution in [-0.4, -0.2) is 32.7 Å². The molecule has 1 aromatic rings. The highest BCUT2D eigenvalue weighted by Gasteiger charge is 2.36. The van der Waals surface area contributed by atoms with Crippen molar-refractivity contribution in [3.63, 3.8) is 0 Å². The quantitative estimate of drug-likeness (QED) is 0.865. The van der Waals surface area contributed by atoms with Gasteiger partial charge < -0.3 is 9.84 Å². The Balaban J connectivity index is 2.27. The van der Waals surface area contributed by atoms with E-state index in [9.17, 15) is 8.42 Å². The van der Waals surface area contributed by atoms with Gasteiger partial charge in [0.05, 0.1) is 0 Å². The van der Waals surface area contributed by atoms with Crippen molar-refractivity contribution in [3.05, 3.63) is 11.5 Å². The molecule has 2 N–H and O–H groups in total. The van der Waals surface area contributed by atoms with Crippen LogP contribution >= 0.6 is 0 Å². The van der Waals surface area contributed by atoms with E-state index in [-0.39, 0.29) is 16.4 Å². The van der Waals surface area contributed by atoms with Gasteiger partial charge in [-0.25, -0.2) is 13.1 Å². The maximum absolute atomic E-state index is 12.5. The summed E-state index contributed by atoms with van der Waals surface area (Å²) in [7, 11) is -3.58. The zero-order valence-corrected chi connectivity index (χ0v) is 12.6. The molecule has 19 heavy (non-hydrogen) atoms. The van der Waals surface area contributed by atoms with Gasteiger partial charge in [0.2, 0.25) is 10.0 Å². The van der Waals surface area contributed by atoms with Crippen LogP contribution in [0.1, 0.15) is 31.7 Å². The molecule has 1 atom stereocenters. The van der Waals surface area contributed by atoms with Crippen LogP contribution in [0.15, 0.2) is 9.42 Å². The second-order valence-corrected chi connectivity index (χ2v) is 7.43. The molecule has 1 fully saturated rings. The summed E-state index contributed by atoms with van der Waals surface area (Å²) in [5, 5.41) is 6.99. The van der Waals surface area contributed by atoms with Crippen LogP contribution in [0.3, 0.4) is 0 Å². The van der Waals surface area contributed by atoms with Gasteiger partial charge in [-0.3, -0.25) is 0 Å². The van der Waals surface area contributed by atoms with Gasteiger partial charge in [0.25, 0.3) is 0 Å². The summed E-state index contributed by atoms with van der Waals surface area (Å²) in [5.74, 6) is 0.330. The van der Waals surface area contributed by atoms with E-state index in [0.29, 0.717) is 11.5 Å². The summed E-state index contributed by atoms with van der Waals surface area (Å²) in [6.45, 7) is 8.97. The van der Waals surface area contributed by atoms with E-state index in [1.807, 2.05) is 0 Å². The van der Waals surface area contributed by atoms with Crippen LogP contribution in [0.4, 0.5) is 0 Å². The van der Waals surface area contributed by atoms with Crippen LogP contribution < -0.4 is 10.0 Å². The molecule has 108 valence electrons. The summed E-state index contributed by atoms with van der Waals surface area (Å²) in [5.41, 5.74) is 0.279. The van der Waals surface area contributed by atoms with E-state index >= 15 is 0 Å². The molecule has 0 aromatic carbocycles. The zero-order chi connectivity index (χ0) is 14.3. The topological polar surface area (TPSA) is 84.2 Å². The Kier molecular flexibility index (Phi) is 3.72. The maximum Gasteiger partial charge on any atom is 0.246 e. The highest BCUT2D eigenvalue weighted by molar-refractivity contribution is 7.89. The molecule has 0 radical (unpaired) electrons. The zero-order valence-electron chi connectivity index (χ0n) is 11.8. The largest absolute Gasteiger partial charge is 0.360 e. The predicted molar refractivity (Wildman–Crippen MR) is 71.4 cm³/mol. The fourth-order valence-corrected chi connectivity index (χ4v) is 4.26. The normalized spacial score (nSPS) is 23.5. The van der Waals surface area contributed by atoms with Crippen molar-refractivity contribution in [1.29, 1.82) is 0 Å². The minimum absolute atomic E-state index is 0.0903. The second kappa shape index (κ2) is 4.88. The smallest absolute Gasteiger partial charge is 0.246 e. The number of aryl methyl sites for hydroxylation is 2. The molecule has 0 amide bonds. The average molecular weight is 287 g/mol. The number of hydrogen-bond acceptors (Lipinski definition) is 5. The summed E-state index contributed by atoms with van der Waals surface area (Å²) < 4.78 is 32.7. The third kappa shape index (κ3) is 2.82. The van der Waals surface area contributed by atoms with E-state index in [0.717, 1.165) is 19.5 Å². The molecule has 0 saturated carbocycles. The van der Waals surface area contributed by atoms with Crippen molar-refractivity contribution >= 4 is 10.0 Å². The summed E-state index contributed by atoms with van der Waals surface area (Å²) >= 11 is 0. The summed E-state index contributed by atoms with van der Waals surface area (Å²) in [4.78, 5) is 0.168.